The highest BCUT2D eigenvalue weighted by Gasteiger charge is 2.30. The molecule has 0 unspecified atom stereocenters. The highest BCUT2D eigenvalue weighted by Crippen LogP contribution is 2.34. The van der Waals surface area contributed by atoms with Gasteiger partial charge < -0.3 is 10.6 Å². The molecule has 1 fully saturated rings. The normalized spacial score (nSPS) is 23.8. The average Bonchev–Trinajstić information content (AvgIpc) is 2.96. The molecule has 0 saturated carbocycles. The molecule has 0 aromatic rings. The lowest BCUT2D eigenvalue weighted by Crippen LogP contribution is -2.45. The number of carbonyl (C=O) groups is 2. The van der Waals surface area contributed by atoms with Crippen LogP contribution < -0.4 is 10.6 Å². The fourth-order valence-electron chi connectivity index (χ4n) is 2.64. The zero-order valence-corrected chi connectivity index (χ0v) is 11.2. The van der Waals surface area contributed by atoms with Crippen molar-refractivity contribution in [3.8, 4) is 0 Å². The second-order valence-electron chi connectivity index (χ2n) is 5.88. The van der Waals surface area contributed by atoms with Gasteiger partial charge in [-0.05, 0) is 25.7 Å². The molecule has 1 atom stereocenters. The molecule has 4 nitrogen and oxygen atoms in total. The zero-order chi connectivity index (χ0) is 13.2. The molecule has 0 aromatic heterocycles. The van der Waals surface area contributed by atoms with Crippen LogP contribution in [0.15, 0.2) is 11.6 Å². The van der Waals surface area contributed by atoms with Gasteiger partial charge in [0.05, 0.1) is 0 Å². The Labute approximate surface area is 108 Å². The molecule has 0 spiro atoms. The monoisotopic (exact) mass is 250 g/mol. The van der Waals surface area contributed by atoms with Gasteiger partial charge in [-0.25, -0.2) is 0 Å². The lowest BCUT2D eigenvalue weighted by Gasteiger charge is -2.27. The maximum Gasteiger partial charge on any atom is 0.242 e. The van der Waals surface area contributed by atoms with Crippen molar-refractivity contribution in [1.82, 2.24) is 10.6 Å². The Bertz CT molecular complexity index is 385. The van der Waals surface area contributed by atoms with Gasteiger partial charge in [0.1, 0.15) is 6.04 Å². The largest absolute Gasteiger partial charge is 0.353 e. The van der Waals surface area contributed by atoms with Gasteiger partial charge in [-0.15, -0.1) is 0 Å². The van der Waals surface area contributed by atoms with Gasteiger partial charge >= 0.3 is 0 Å². The number of rotatable bonds is 4. The summed E-state index contributed by atoms with van der Waals surface area (Å²) in [6.45, 7) is 4.97. The Hall–Kier alpha value is -1.32. The third-order valence-corrected chi connectivity index (χ3v) is 3.93. The number of allylic oxidation sites excluding steroid dienone is 1. The van der Waals surface area contributed by atoms with E-state index in [9.17, 15) is 9.59 Å². The Morgan fingerprint density at radius 1 is 1.50 bits per heavy atom. The minimum absolute atomic E-state index is 0.0205. The molecule has 1 heterocycles. The summed E-state index contributed by atoms with van der Waals surface area (Å²) in [6.07, 6.45) is 6.91. The van der Waals surface area contributed by atoms with Crippen LogP contribution in [-0.4, -0.2) is 24.4 Å². The van der Waals surface area contributed by atoms with Crippen LogP contribution >= 0.6 is 0 Å². The van der Waals surface area contributed by atoms with Crippen LogP contribution in [0.3, 0.4) is 0 Å². The fourth-order valence-corrected chi connectivity index (χ4v) is 2.64. The molecule has 100 valence electrons. The van der Waals surface area contributed by atoms with Crippen LogP contribution in [0.1, 0.15) is 46.0 Å². The van der Waals surface area contributed by atoms with Crippen molar-refractivity contribution < 1.29 is 9.59 Å². The zero-order valence-electron chi connectivity index (χ0n) is 11.2. The summed E-state index contributed by atoms with van der Waals surface area (Å²) >= 11 is 0. The van der Waals surface area contributed by atoms with E-state index in [1.165, 1.54) is 12.0 Å². The molecular formula is C14H22N2O2. The molecule has 18 heavy (non-hydrogen) atoms. The standard InChI is InChI=1S/C14H22N2O2/c1-14(2,10-5-3-4-6-10)9-15-13(18)11-7-8-12(17)16-11/h5,11H,3-4,6-9H2,1-2H3,(H,15,18)(H,16,17)/t11-/m0/s1. The minimum Gasteiger partial charge on any atom is -0.353 e. The molecule has 0 radical (unpaired) electrons. The first-order valence-corrected chi connectivity index (χ1v) is 6.75. The molecular weight excluding hydrogens is 228 g/mol. The van der Waals surface area contributed by atoms with Gasteiger partial charge in [-0.2, -0.15) is 0 Å². The lowest BCUT2D eigenvalue weighted by atomic mass is 9.83. The first-order chi connectivity index (χ1) is 8.49. The van der Waals surface area contributed by atoms with Crippen molar-refractivity contribution in [2.24, 2.45) is 5.41 Å². The molecule has 1 saturated heterocycles. The van der Waals surface area contributed by atoms with E-state index in [1.807, 2.05) is 0 Å². The maximum atomic E-state index is 11.9. The van der Waals surface area contributed by atoms with Gasteiger partial charge in [-0.3, -0.25) is 9.59 Å². The highest BCUT2D eigenvalue weighted by atomic mass is 16.2. The number of hydrogen-bond acceptors (Lipinski definition) is 2. The van der Waals surface area contributed by atoms with Gasteiger partial charge in [0, 0.05) is 18.4 Å². The van der Waals surface area contributed by atoms with Crippen molar-refractivity contribution >= 4 is 11.8 Å². The topological polar surface area (TPSA) is 58.2 Å². The molecule has 2 rings (SSSR count). The molecule has 4 heteroatoms. The molecule has 1 aliphatic heterocycles. The smallest absolute Gasteiger partial charge is 0.242 e. The second-order valence-corrected chi connectivity index (χ2v) is 5.88. The first kappa shape index (κ1) is 13.1. The van der Waals surface area contributed by atoms with Gasteiger partial charge in [0.2, 0.25) is 11.8 Å². The summed E-state index contributed by atoms with van der Waals surface area (Å²) in [5.41, 5.74) is 1.47. The third-order valence-electron chi connectivity index (χ3n) is 3.93. The van der Waals surface area contributed by atoms with Gasteiger partial charge in [-0.1, -0.05) is 25.5 Å². The third kappa shape index (κ3) is 2.92. The predicted octanol–water partition coefficient (Wildman–Crippen LogP) is 1.52. The van der Waals surface area contributed by atoms with E-state index in [-0.39, 0.29) is 23.3 Å². The number of nitrogens with one attached hydrogen (secondary N) is 2. The van der Waals surface area contributed by atoms with Crippen molar-refractivity contribution in [3.63, 3.8) is 0 Å². The van der Waals surface area contributed by atoms with Gasteiger partial charge in [0.25, 0.3) is 0 Å². The lowest BCUT2D eigenvalue weighted by molar-refractivity contribution is -0.126. The van der Waals surface area contributed by atoms with Crippen LogP contribution in [0.4, 0.5) is 0 Å². The van der Waals surface area contributed by atoms with Crippen molar-refractivity contribution in [3.05, 3.63) is 11.6 Å². The summed E-state index contributed by atoms with van der Waals surface area (Å²) in [6, 6.07) is -0.328. The maximum absolute atomic E-state index is 11.9. The summed E-state index contributed by atoms with van der Waals surface area (Å²) in [5, 5.41) is 5.66. The predicted molar refractivity (Wildman–Crippen MR) is 69.9 cm³/mol. The molecule has 1 aliphatic carbocycles. The molecule has 0 bridgehead atoms. The van der Waals surface area contributed by atoms with Crippen molar-refractivity contribution in [1.29, 1.82) is 0 Å². The number of amides is 2. The van der Waals surface area contributed by atoms with Crippen LogP contribution in [0.2, 0.25) is 0 Å². The van der Waals surface area contributed by atoms with Crippen LogP contribution in [0.25, 0.3) is 0 Å². The Balaban J connectivity index is 1.83. The Morgan fingerprint density at radius 3 is 2.83 bits per heavy atom. The molecule has 2 aliphatic rings. The molecule has 2 N–H and O–H groups in total. The van der Waals surface area contributed by atoms with E-state index < -0.39 is 0 Å². The average molecular weight is 250 g/mol. The van der Waals surface area contributed by atoms with Crippen LogP contribution in [0, 0.1) is 5.41 Å². The quantitative estimate of drug-likeness (QED) is 0.743. The SMILES string of the molecule is CC(C)(CNC(=O)[C@@H]1CCC(=O)N1)C1=CCCC1. The van der Waals surface area contributed by atoms with Crippen molar-refractivity contribution in [2.45, 2.75) is 52.0 Å². The summed E-state index contributed by atoms with van der Waals surface area (Å²) in [4.78, 5) is 23.0. The van der Waals surface area contributed by atoms with Crippen LogP contribution in [0.5, 0.6) is 0 Å². The van der Waals surface area contributed by atoms with Gasteiger partial charge in [0.15, 0.2) is 0 Å². The van der Waals surface area contributed by atoms with E-state index in [2.05, 4.69) is 30.6 Å². The van der Waals surface area contributed by atoms with E-state index in [4.69, 9.17) is 0 Å². The second kappa shape index (κ2) is 5.12. The number of carbonyl (C=O) groups excluding carboxylic acids is 2. The Kier molecular flexibility index (Phi) is 3.73. The van der Waals surface area contributed by atoms with E-state index in [0.717, 1.165) is 12.8 Å². The summed E-state index contributed by atoms with van der Waals surface area (Å²) in [7, 11) is 0. The highest BCUT2D eigenvalue weighted by molar-refractivity contribution is 5.90. The summed E-state index contributed by atoms with van der Waals surface area (Å²) < 4.78 is 0. The van der Waals surface area contributed by atoms with E-state index in [0.29, 0.717) is 19.4 Å². The number of hydrogen-bond donors (Lipinski definition) is 2. The van der Waals surface area contributed by atoms with E-state index in [1.54, 1.807) is 0 Å². The van der Waals surface area contributed by atoms with E-state index >= 15 is 0 Å². The Morgan fingerprint density at radius 2 is 2.28 bits per heavy atom. The molecule has 0 aromatic carbocycles. The summed E-state index contributed by atoms with van der Waals surface area (Å²) in [5.74, 6) is -0.0690. The first-order valence-electron chi connectivity index (χ1n) is 6.75. The minimum atomic E-state index is -0.328. The molecule has 2 amide bonds. The van der Waals surface area contributed by atoms with Crippen molar-refractivity contribution in [2.75, 3.05) is 6.54 Å². The fraction of sp³-hybridized carbons (Fsp3) is 0.714. The van der Waals surface area contributed by atoms with Crippen LogP contribution in [-0.2, 0) is 9.59 Å².